The fraction of sp³-hybridized carbons (Fsp3) is 0.130. The molecule has 0 bridgehead atoms. The van der Waals surface area contributed by atoms with Crippen molar-refractivity contribution < 1.29 is 13.2 Å². The van der Waals surface area contributed by atoms with Gasteiger partial charge in [0.05, 0.1) is 23.4 Å². The maximum Gasteiger partial charge on any atom is 0.256 e. The van der Waals surface area contributed by atoms with Gasteiger partial charge in [-0.2, -0.15) is 5.10 Å². The van der Waals surface area contributed by atoms with Crippen LogP contribution < -0.4 is 5.32 Å². The van der Waals surface area contributed by atoms with Crippen molar-refractivity contribution in [1.29, 1.82) is 0 Å². The molecule has 0 saturated carbocycles. The molecule has 0 fully saturated rings. The monoisotopic (exact) mass is 419 g/mol. The highest BCUT2D eigenvalue weighted by atomic mass is 32.2. The first kappa shape index (κ1) is 19.8. The van der Waals surface area contributed by atoms with Crippen molar-refractivity contribution in [1.82, 2.24) is 9.78 Å². The summed E-state index contributed by atoms with van der Waals surface area (Å²) < 4.78 is 25.6. The molecule has 0 atom stereocenters. The highest BCUT2D eigenvalue weighted by Gasteiger charge is 2.14. The first-order valence-corrected chi connectivity index (χ1v) is 11.3. The largest absolute Gasteiger partial charge is 0.307 e. The summed E-state index contributed by atoms with van der Waals surface area (Å²) in [5, 5.41) is 9.49. The molecule has 0 radical (unpaired) electrons. The molecule has 1 amide bonds. The lowest BCUT2D eigenvalue weighted by Crippen LogP contribution is -2.16. The van der Waals surface area contributed by atoms with Crippen molar-refractivity contribution in [3.8, 4) is 0 Å². The van der Waals surface area contributed by atoms with Gasteiger partial charge in [0, 0.05) is 11.6 Å². The topological polar surface area (TPSA) is 81.1 Å². The highest BCUT2D eigenvalue weighted by molar-refractivity contribution is 7.91. The van der Waals surface area contributed by atoms with Crippen LogP contribution in [0.25, 0.3) is 10.8 Å². The normalized spacial score (nSPS) is 11.5. The number of rotatable bonds is 6. The van der Waals surface area contributed by atoms with Gasteiger partial charge < -0.3 is 5.32 Å². The first-order valence-electron chi connectivity index (χ1n) is 9.60. The van der Waals surface area contributed by atoms with E-state index in [0.29, 0.717) is 17.9 Å². The molecule has 0 spiro atoms. The number of hydrogen-bond donors (Lipinski definition) is 1. The van der Waals surface area contributed by atoms with Crippen LogP contribution in [0, 0.1) is 0 Å². The average Bonchev–Trinajstić information content (AvgIpc) is 3.20. The Bertz CT molecular complexity index is 1300. The number of anilines is 1. The lowest BCUT2D eigenvalue weighted by Gasteiger charge is -2.11. The lowest BCUT2D eigenvalue weighted by atomic mass is 10.0. The van der Waals surface area contributed by atoms with Gasteiger partial charge in [0.2, 0.25) is 0 Å². The van der Waals surface area contributed by atoms with Gasteiger partial charge in [-0.25, -0.2) is 13.1 Å². The highest BCUT2D eigenvalue weighted by Crippen LogP contribution is 2.21. The van der Waals surface area contributed by atoms with Crippen LogP contribution in [0.15, 0.2) is 83.9 Å². The summed E-state index contributed by atoms with van der Waals surface area (Å²) >= 11 is 0. The van der Waals surface area contributed by atoms with E-state index in [1.165, 1.54) is 24.3 Å². The third-order valence-electron chi connectivity index (χ3n) is 5.01. The Kier molecular flexibility index (Phi) is 5.37. The molecule has 4 aromatic rings. The van der Waals surface area contributed by atoms with Gasteiger partial charge in [0.15, 0.2) is 9.84 Å². The van der Waals surface area contributed by atoms with Gasteiger partial charge in [-0.1, -0.05) is 49.4 Å². The molecule has 1 aromatic heterocycles. The van der Waals surface area contributed by atoms with Crippen LogP contribution in [-0.4, -0.2) is 29.9 Å². The minimum atomic E-state index is -3.30. The maximum absolute atomic E-state index is 12.7. The molecule has 0 aliphatic rings. The van der Waals surface area contributed by atoms with Gasteiger partial charge in [-0.15, -0.1) is 0 Å². The van der Waals surface area contributed by atoms with E-state index < -0.39 is 9.84 Å². The number of nitrogens with one attached hydrogen (secondary N) is 1. The van der Waals surface area contributed by atoms with Crippen molar-refractivity contribution in [2.24, 2.45) is 0 Å². The lowest BCUT2D eigenvalue weighted by molar-refractivity contribution is 0.102. The van der Waals surface area contributed by atoms with Crippen LogP contribution in [0.4, 0.5) is 5.82 Å². The Hall–Kier alpha value is -3.45. The Morgan fingerprint density at radius 3 is 2.47 bits per heavy atom. The molecule has 152 valence electrons. The molecule has 30 heavy (non-hydrogen) atoms. The van der Waals surface area contributed by atoms with E-state index in [2.05, 4.69) is 28.6 Å². The Morgan fingerprint density at radius 2 is 1.70 bits per heavy atom. The minimum absolute atomic E-state index is 0.0197. The quantitative estimate of drug-likeness (QED) is 0.509. The third-order valence-corrected chi connectivity index (χ3v) is 6.76. The Balaban J connectivity index is 1.54. The maximum atomic E-state index is 12.7. The number of amides is 1. The van der Waals surface area contributed by atoms with E-state index in [9.17, 15) is 13.2 Å². The Labute approximate surface area is 175 Å². The summed E-state index contributed by atoms with van der Waals surface area (Å²) in [6.45, 7) is 2.10. The zero-order chi connectivity index (χ0) is 21.1. The number of hydrogen-bond acceptors (Lipinski definition) is 4. The first-order chi connectivity index (χ1) is 14.5. The number of aromatic nitrogens is 2. The molecule has 3 aromatic carbocycles. The number of nitrogens with zero attached hydrogens (tertiary/aromatic N) is 2. The van der Waals surface area contributed by atoms with E-state index >= 15 is 0 Å². The van der Waals surface area contributed by atoms with E-state index in [1.807, 2.05) is 24.3 Å². The van der Waals surface area contributed by atoms with Gasteiger partial charge >= 0.3 is 0 Å². The zero-order valence-electron chi connectivity index (χ0n) is 16.4. The van der Waals surface area contributed by atoms with Crippen molar-refractivity contribution >= 4 is 32.3 Å². The number of fused-ring (bicyclic) bond motifs is 1. The van der Waals surface area contributed by atoms with E-state index in [1.54, 1.807) is 23.9 Å². The summed E-state index contributed by atoms with van der Waals surface area (Å²) in [6.07, 6.45) is 1.64. The van der Waals surface area contributed by atoms with Crippen LogP contribution in [-0.2, 0) is 16.4 Å². The van der Waals surface area contributed by atoms with Gasteiger partial charge in [0.25, 0.3) is 5.91 Å². The van der Waals surface area contributed by atoms with Crippen molar-refractivity contribution in [3.63, 3.8) is 0 Å². The summed E-state index contributed by atoms with van der Waals surface area (Å²) in [6, 6.07) is 21.9. The minimum Gasteiger partial charge on any atom is -0.307 e. The fourth-order valence-electron chi connectivity index (χ4n) is 3.33. The molecule has 7 heteroatoms. The van der Waals surface area contributed by atoms with Gasteiger partial charge in [-0.05, 0) is 40.6 Å². The molecule has 1 heterocycles. The van der Waals surface area contributed by atoms with Crippen molar-refractivity contribution in [2.45, 2.75) is 18.4 Å². The average molecular weight is 420 g/mol. The molecule has 4 rings (SSSR count). The number of sulfone groups is 1. The fourth-order valence-corrected chi connectivity index (χ4v) is 4.21. The number of carbonyl (C=O) groups excluding carboxylic acids is 1. The molecule has 0 aliphatic heterocycles. The SMILES string of the molecule is CCS(=O)(=O)c1ccc(C(=O)Nc2ccnn2Cc2cccc3ccccc23)cc1. The third kappa shape index (κ3) is 3.97. The zero-order valence-corrected chi connectivity index (χ0v) is 17.3. The number of benzene rings is 3. The Morgan fingerprint density at radius 1 is 0.967 bits per heavy atom. The second kappa shape index (κ2) is 8.12. The molecule has 6 nitrogen and oxygen atoms in total. The van der Waals surface area contributed by atoms with Crippen LogP contribution in [0.5, 0.6) is 0 Å². The smallest absolute Gasteiger partial charge is 0.256 e. The second-order valence-electron chi connectivity index (χ2n) is 6.89. The second-order valence-corrected chi connectivity index (χ2v) is 9.17. The van der Waals surface area contributed by atoms with Crippen LogP contribution in [0.1, 0.15) is 22.8 Å². The number of carbonyl (C=O) groups is 1. The standard InChI is InChI=1S/C23H21N3O3S/c1-2-30(28,29)20-12-10-18(11-13-20)23(27)25-22-14-15-24-26(22)16-19-8-5-7-17-6-3-4-9-21(17)19/h3-15H,2,16H2,1H3,(H,25,27). The predicted molar refractivity (Wildman–Crippen MR) is 117 cm³/mol. The van der Waals surface area contributed by atoms with Crippen LogP contribution in [0.2, 0.25) is 0 Å². The van der Waals surface area contributed by atoms with Crippen LogP contribution >= 0.6 is 0 Å². The molecule has 0 saturated heterocycles. The van der Waals surface area contributed by atoms with Gasteiger partial charge in [0.1, 0.15) is 5.82 Å². The molecular formula is C23H21N3O3S. The van der Waals surface area contributed by atoms with Crippen LogP contribution in [0.3, 0.4) is 0 Å². The summed E-state index contributed by atoms with van der Waals surface area (Å²) in [5.74, 6) is 0.264. The van der Waals surface area contributed by atoms with Gasteiger partial charge in [-0.3, -0.25) is 4.79 Å². The summed E-state index contributed by atoms with van der Waals surface area (Å²) in [4.78, 5) is 12.9. The molecular weight excluding hydrogens is 398 g/mol. The van der Waals surface area contributed by atoms with E-state index in [-0.39, 0.29) is 16.6 Å². The molecule has 0 unspecified atom stereocenters. The summed E-state index contributed by atoms with van der Waals surface area (Å²) in [7, 11) is -3.30. The van der Waals surface area contributed by atoms with Crippen molar-refractivity contribution in [2.75, 3.05) is 11.1 Å². The van der Waals surface area contributed by atoms with E-state index in [4.69, 9.17) is 0 Å². The predicted octanol–water partition coefficient (Wildman–Crippen LogP) is 4.13. The molecule has 1 N–H and O–H groups in total. The molecule has 0 aliphatic carbocycles. The summed E-state index contributed by atoms with van der Waals surface area (Å²) in [5.41, 5.74) is 1.48. The van der Waals surface area contributed by atoms with Crippen molar-refractivity contribution in [3.05, 3.63) is 90.1 Å². The van der Waals surface area contributed by atoms with E-state index in [0.717, 1.165) is 16.3 Å².